The summed E-state index contributed by atoms with van der Waals surface area (Å²) >= 11 is 0. The molecule has 0 saturated heterocycles. The van der Waals surface area contributed by atoms with Gasteiger partial charge < -0.3 is 25.2 Å². The number of esters is 1. The number of carbonyl (C=O) groups excluding carboxylic acids is 2. The molecule has 0 aliphatic carbocycles. The van der Waals surface area contributed by atoms with E-state index in [9.17, 15) is 19.8 Å². The van der Waals surface area contributed by atoms with Crippen LogP contribution in [0.3, 0.4) is 0 Å². The van der Waals surface area contributed by atoms with E-state index >= 15 is 0 Å². The van der Waals surface area contributed by atoms with E-state index in [2.05, 4.69) is 0 Å². The Morgan fingerprint density at radius 3 is 2.50 bits per heavy atom. The smallest absolute Gasteiger partial charge is 0.306 e. The second-order valence-electron chi connectivity index (χ2n) is 5.32. The van der Waals surface area contributed by atoms with Crippen LogP contribution in [0.4, 0.5) is 0 Å². The van der Waals surface area contributed by atoms with E-state index in [0.717, 1.165) is 0 Å². The van der Waals surface area contributed by atoms with Gasteiger partial charge in [-0.3, -0.25) is 9.59 Å². The minimum absolute atomic E-state index is 0.0592. The van der Waals surface area contributed by atoms with Crippen molar-refractivity contribution in [3.05, 3.63) is 35.4 Å². The number of carbonyl (C=O) groups is 2. The molecule has 7 nitrogen and oxygen atoms in total. The van der Waals surface area contributed by atoms with Crippen molar-refractivity contribution in [3.8, 4) is 11.5 Å². The highest BCUT2D eigenvalue weighted by molar-refractivity contribution is 5.77. The van der Waals surface area contributed by atoms with Crippen LogP contribution in [0, 0.1) is 5.92 Å². The fourth-order valence-corrected chi connectivity index (χ4v) is 2.26. The van der Waals surface area contributed by atoms with Gasteiger partial charge in [-0.1, -0.05) is 12.1 Å². The second-order valence-corrected chi connectivity index (χ2v) is 5.32. The Labute approximate surface area is 139 Å². The molecule has 0 spiro atoms. The molecule has 0 bridgehead atoms. The van der Waals surface area contributed by atoms with Gasteiger partial charge in [-0.25, -0.2) is 0 Å². The minimum Gasteiger partial charge on any atom is -0.504 e. The van der Waals surface area contributed by atoms with Crippen LogP contribution < -0.4 is 0 Å². The predicted octanol–water partition coefficient (Wildman–Crippen LogP) is 1.04. The highest BCUT2D eigenvalue weighted by Crippen LogP contribution is 2.25. The molecular weight excluding hydrogens is 316 g/mol. The van der Waals surface area contributed by atoms with Crippen molar-refractivity contribution in [2.75, 3.05) is 6.61 Å². The molecule has 0 fully saturated rings. The van der Waals surface area contributed by atoms with Crippen LogP contribution >= 0.6 is 0 Å². The van der Waals surface area contributed by atoms with Crippen LogP contribution in [-0.4, -0.2) is 45.6 Å². The van der Waals surface area contributed by atoms with Gasteiger partial charge in [0.15, 0.2) is 17.8 Å². The van der Waals surface area contributed by atoms with E-state index in [0.29, 0.717) is 23.8 Å². The van der Waals surface area contributed by atoms with Crippen LogP contribution in [0.15, 0.2) is 29.8 Å². The summed E-state index contributed by atoms with van der Waals surface area (Å²) in [6, 6.07) is 4.31. The van der Waals surface area contributed by atoms with Gasteiger partial charge in [-0.05, 0) is 30.2 Å². The average Bonchev–Trinajstić information content (AvgIpc) is 2.51. The van der Waals surface area contributed by atoms with Crippen molar-refractivity contribution in [2.45, 2.75) is 32.5 Å². The maximum atomic E-state index is 11.9. The molecule has 0 saturated carbocycles. The number of hydrogen-bond donors (Lipinski definition) is 4. The van der Waals surface area contributed by atoms with Crippen LogP contribution in [0.25, 0.3) is 0 Å². The highest BCUT2D eigenvalue weighted by atomic mass is 16.5. The molecule has 1 aromatic carbocycles. The SMILES string of the molecule is C/C=C(/C=O)[C@H](CC(=O)OCCc1ccc(O)c(O)c1)CC(O)O. The Balaban J connectivity index is 2.53. The molecule has 1 atom stereocenters. The van der Waals surface area contributed by atoms with Gasteiger partial charge in [0, 0.05) is 18.8 Å². The number of ether oxygens (including phenoxy) is 1. The summed E-state index contributed by atoms with van der Waals surface area (Å²) in [5.41, 5.74) is 0.992. The molecular formula is C17H22O7. The average molecular weight is 338 g/mol. The Morgan fingerprint density at radius 1 is 1.25 bits per heavy atom. The van der Waals surface area contributed by atoms with Gasteiger partial charge >= 0.3 is 5.97 Å². The van der Waals surface area contributed by atoms with E-state index < -0.39 is 18.2 Å². The molecule has 0 unspecified atom stereocenters. The Morgan fingerprint density at radius 2 is 1.96 bits per heavy atom. The van der Waals surface area contributed by atoms with Crippen molar-refractivity contribution in [3.63, 3.8) is 0 Å². The summed E-state index contributed by atoms with van der Waals surface area (Å²) in [6.07, 6.45) is 0.539. The number of rotatable bonds is 9. The molecule has 4 N–H and O–H groups in total. The van der Waals surface area contributed by atoms with Gasteiger partial charge in [-0.2, -0.15) is 0 Å². The number of phenols is 2. The van der Waals surface area contributed by atoms with E-state index in [-0.39, 0.29) is 30.9 Å². The minimum atomic E-state index is -1.63. The first-order valence-electron chi connectivity index (χ1n) is 7.51. The number of allylic oxidation sites excluding steroid dienone is 2. The number of aliphatic hydroxyl groups excluding tert-OH is 1. The zero-order valence-electron chi connectivity index (χ0n) is 13.4. The molecule has 0 amide bonds. The highest BCUT2D eigenvalue weighted by Gasteiger charge is 2.21. The molecule has 0 heterocycles. The van der Waals surface area contributed by atoms with Gasteiger partial charge in [0.1, 0.15) is 6.29 Å². The number of aromatic hydroxyl groups is 2. The van der Waals surface area contributed by atoms with Crippen molar-refractivity contribution in [1.82, 2.24) is 0 Å². The third-order valence-electron chi connectivity index (χ3n) is 3.54. The number of phenolic OH excluding ortho intramolecular Hbond substituents is 2. The number of aldehydes is 1. The van der Waals surface area contributed by atoms with Gasteiger partial charge in [0.2, 0.25) is 0 Å². The molecule has 24 heavy (non-hydrogen) atoms. The molecule has 0 aliphatic heterocycles. The van der Waals surface area contributed by atoms with E-state index in [1.165, 1.54) is 18.2 Å². The number of aliphatic hydroxyl groups is 2. The predicted molar refractivity (Wildman–Crippen MR) is 85.2 cm³/mol. The number of benzene rings is 1. The standard InChI is InChI=1S/C17H22O7/c1-2-12(10-18)13(8-16(21)22)9-17(23)24-6-5-11-3-4-14(19)15(20)7-11/h2-4,7,10,13,16,19-22H,5-6,8-9H2,1H3/b12-2-/t13-/m0/s1. The van der Waals surface area contributed by atoms with Gasteiger partial charge in [0.05, 0.1) is 13.0 Å². The van der Waals surface area contributed by atoms with E-state index in [1.807, 2.05) is 0 Å². The summed E-state index contributed by atoms with van der Waals surface area (Å²) in [5.74, 6) is -1.67. The second kappa shape index (κ2) is 9.69. The third-order valence-corrected chi connectivity index (χ3v) is 3.54. The zero-order chi connectivity index (χ0) is 18.1. The fraction of sp³-hybridized carbons (Fsp3) is 0.412. The largest absolute Gasteiger partial charge is 0.504 e. The monoisotopic (exact) mass is 338 g/mol. The van der Waals surface area contributed by atoms with Crippen molar-refractivity contribution in [2.24, 2.45) is 5.92 Å². The molecule has 0 aliphatic rings. The van der Waals surface area contributed by atoms with Crippen LogP contribution in [0.5, 0.6) is 11.5 Å². The Kier molecular flexibility index (Phi) is 7.94. The Hall–Kier alpha value is -2.38. The first kappa shape index (κ1) is 19.7. The van der Waals surface area contributed by atoms with Crippen LogP contribution in [0.2, 0.25) is 0 Å². The third kappa shape index (κ3) is 6.39. The van der Waals surface area contributed by atoms with Crippen molar-refractivity contribution >= 4 is 12.3 Å². The van der Waals surface area contributed by atoms with Crippen molar-refractivity contribution in [1.29, 1.82) is 0 Å². The molecule has 0 aromatic heterocycles. The molecule has 1 aromatic rings. The summed E-state index contributed by atoms with van der Waals surface area (Å²) in [7, 11) is 0. The van der Waals surface area contributed by atoms with E-state index in [1.54, 1.807) is 13.0 Å². The maximum absolute atomic E-state index is 11.9. The van der Waals surface area contributed by atoms with Crippen molar-refractivity contribution < 1.29 is 34.8 Å². The lowest BCUT2D eigenvalue weighted by molar-refractivity contribution is -0.145. The Bertz CT molecular complexity index is 593. The summed E-state index contributed by atoms with van der Waals surface area (Å²) in [6.45, 7) is 1.69. The van der Waals surface area contributed by atoms with Gasteiger partial charge in [-0.15, -0.1) is 0 Å². The summed E-state index contributed by atoms with van der Waals surface area (Å²) in [4.78, 5) is 22.8. The first-order chi connectivity index (χ1) is 11.4. The summed E-state index contributed by atoms with van der Waals surface area (Å²) in [5, 5.41) is 36.7. The molecule has 7 heteroatoms. The normalized spacial score (nSPS) is 12.9. The number of hydrogen-bond acceptors (Lipinski definition) is 7. The quantitative estimate of drug-likeness (QED) is 0.174. The lowest BCUT2D eigenvalue weighted by Gasteiger charge is -2.17. The van der Waals surface area contributed by atoms with Gasteiger partial charge in [0.25, 0.3) is 0 Å². The van der Waals surface area contributed by atoms with Crippen LogP contribution in [0.1, 0.15) is 25.3 Å². The zero-order valence-corrected chi connectivity index (χ0v) is 13.4. The fourth-order valence-electron chi connectivity index (χ4n) is 2.26. The first-order valence-corrected chi connectivity index (χ1v) is 7.51. The lowest BCUT2D eigenvalue weighted by Crippen LogP contribution is -2.20. The molecule has 132 valence electrons. The molecule has 1 rings (SSSR count). The van der Waals surface area contributed by atoms with E-state index in [4.69, 9.17) is 14.9 Å². The summed E-state index contributed by atoms with van der Waals surface area (Å²) < 4.78 is 5.08. The lowest BCUT2D eigenvalue weighted by atomic mass is 9.92. The topological polar surface area (TPSA) is 124 Å². The van der Waals surface area contributed by atoms with Crippen LogP contribution in [-0.2, 0) is 20.7 Å². The molecule has 0 radical (unpaired) electrons. The maximum Gasteiger partial charge on any atom is 0.306 e.